The predicted molar refractivity (Wildman–Crippen MR) is 128 cm³/mol. The summed E-state index contributed by atoms with van der Waals surface area (Å²) in [5, 5.41) is 3.95. The fourth-order valence-electron chi connectivity index (χ4n) is 3.32. The predicted octanol–water partition coefficient (Wildman–Crippen LogP) is 4.34. The summed E-state index contributed by atoms with van der Waals surface area (Å²) < 4.78 is 8.28. The van der Waals surface area contributed by atoms with Gasteiger partial charge in [-0.3, -0.25) is 19.7 Å². The highest BCUT2D eigenvalue weighted by molar-refractivity contribution is 6.30. The van der Waals surface area contributed by atoms with Gasteiger partial charge in [-0.1, -0.05) is 37.6 Å². The number of aliphatic imine (C=N–C) groups is 1. The van der Waals surface area contributed by atoms with E-state index in [1.54, 1.807) is 35.9 Å². The van der Waals surface area contributed by atoms with Crippen molar-refractivity contribution in [2.24, 2.45) is 4.99 Å². The van der Waals surface area contributed by atoms with Crippen molar-refractivity contribution in [1.29, 1.82) is 0 Å². The molecule has 0 saturated carbocycles. The van der Waals surface area contributed by atoms with Gasteiger partial charge in [0.2, 0.25) is 0 Å². The molecule has 1 N–H and O–H groups in total. The molecule has 0 atom stereocenters. The van der Waals surface area contributed by atoms with Crippen LogP contribution in [0.2, 0.25) is 5.02 Å². The highest BCUT2D eigenvalue weighted by Gasteiger charge is 2.18. The van der Waals surface area contributed by atoms with Gasteiger partial charge in [-0.15, -0.1) is 0 Å². The van der Waals surface area contributed by atoms with E-state index in [4.69, 9.17) is 16.3 Å². The van der Waals surface area contributed by atoms with Gasteiger partial charge in [-0.25, -0.2) is 4.68 Å². The molecule has 0 radical (unpaired) electrons. The van der Waals surface area contributed by atoms with Gasteiger partial charge >= 0.3 is 0 Å². The number of nitrogens with one attached hydrogen (secondary N) is 1. The average molecular weight is 445 g/mol. The van der Waals surface area contributed by atoms with Crippen LogP contribution in [0.4, 0.5) is 0 Å². The second-order valence-electron chi connectivity index (χ2n) is 6.50. The molecule has 2 heterocycles. The third-order valence-electron chi connectivity index (χ3n) is 4.65. The first kappa shape index (κ1) is 24.4. The van der Waals surface area contributed by atoms with Crippen molar-refractivity contribution in [3.05, 3.63) is 73.9 Å². The summed E-state index contributed by atoms with van der Waals surface area (Å²) in [7, 11) is 3.25. The first-order valence-electron chi connectivity index (χ1n) is 10.2. The molecule has 0 unspecified atom stereocenters. The number of allylic oxidation sites excluding steroid dienone is 2. The SMILES string of the molecule is C/C=C\C(CCn1c(COC)c2c(=O)n(-c3cccc(Cl)c3)[nH]c2cc1=O)=NC.CC. The molecule has 1 aromatic carbocycles. The fraction of sp³-hybridized carbons (Fsp3) is 0.348. The smallest absolute Gasteiger partial charge is 0.280 e. The number of aromatic amines is 1. The molecule has 31 heavy (non-hydrogen) atoms. The summed E-state index contributed by atoms with van der Waals surface area (Å²) in [5.41, 5.74) is 1.98. The number of benzene rings is 1. The number of halogens is 1. The van der Waals surface area contributed by atoms with E-state index < -0.39 is 0 Å². The number of H-pyrrole nitrogens is 1. The van der Waals surface area contributed by atoms with Crippen molar-refractivity contribution in [2.75, 3.05) is 14.2 Å². The van der Waals surface area contributed by atoms with Crippen LogP contribution in [0.5, 0.6) is 0 Å². The first-order valence-corrected chi connectivity index (χ1v) is 10.6. The molecule has 3 aromatic rings. The Balaban J connectivity index is 0.00000166. The lowest BCUT2D eigenvalue weighted by molar-refractivity contribution is 0.178. The number of hydrogen-bond donors (Lipinski definition) is 1. The van der Waals surface area contributed by atoms with E-state index >= 15 is 0 Å². The molecule has 0 aliphatic heterocycles. The third-order valence-corrected chi connectivity index (χ3v) is 4.89. The van der Waals surface area contributed by atoms with Gasteiger partial charge in [-0.2, -0.15) is 0 Å². The van der Waals surface area contributed by atoms with Crippen LogP contribution in [0.25, 0.3) is 16.6 Å². The van der Waals surface area contributed by atoms with Crippen LogP contribution in [0, 0.1) is 0 Å². The maximum Gasteiger partial charge on any atom is 0.280 e. The Kier molecular flexibility index (Phi) is 9.03. The fourth-order valence-corrected chi connectivity index (χ4v) is 3.51. The van der Waals surface area contributed by atoms with E-state index in [2.05, 4.69) is 10.1 Å². The molecule has 0 aliphatic carbocycles. The molecule has 0 aliphatic rings. The topological polar surface area (TPSA) is 81.4 Å². The van der Waals surface area contributed by atoms with Crippen LogP contribution in [0.3, 0.4) is 0 Å². The Hall–Kier alpha value is -2.90. The number of aromatic nitrogens is 3. The molecule has 0 saturated heterocycles. The lowest BCUT2D eigenvalue weighted by Crippen LogP contribution is -2.26. The Bertz CT molecular complexity index is 1200. The minimum atomic E-state index is -0.263. The molecule has 8 heteroatoms. The number of hydrogen-bond acceptors (Lipinski definition) is 4. The van der Waals surface area contributed by atoms with Crippen molar-refractivity contribution in [2.45, 2.75) is 40.3 Å². The zero-order valence-electron chi connectivity index (χ0n) is 18.6. The Morgan fingerprint density at radius 3 is 2.61 bits per heavy atom. The Labute approximate surface area is 186 Å². The van der Waals surface area contributed by atoms with Gasteiger partial charge in [-0.05, 0) is 31.2 Å². The molecule has 2 aromatic heterocycles. The van der Waals surface area contributed by atoms with Gasteiger partial charge in [0.05, 0.1) is 28.9 Å². The molecule has 7 nitrogen and oxygen atoms in total. The van der Waals surface area contributed by atoms with Gasteiger partial charge in [0.15, 0.2) is 0 Å². The zero-order valence-corrected chi connectivity index (χ0v) is 19.4. The normalized spacial score (nSPS) is 11.7. The van der Waals surface area contributed by atoms with Gasteiger partial charge in [0, 0.05) is 43.9 Å². The van der Waals surface area contributed by atoms with E-state index in [0.717, 1.165) is 5.71 Å². The van der Waals surface area contributed by atoms with Crippen molar-refractivity contribution in [3.8, 4) is 5.69 Å². The van der Waals surface area contributed by atoms with Gasteiger partial charge in [0.1, 0.15) is 0 Å². The van der Waals surface area contributed by atoms with E-state index in [-0.39, 0.29) is 17.7 Å². The second-order valence-corrected chi connectivity index (χ2v) is 6.94. The summed E-state index contributed by atoms with van der Waals surface area (Å²) in [6.45, 7) is 6.45. The quantitative estimate of drug-likeness (QED) is 0.550. The molecule has 166 valence electrons. The summed E-state index contributed by atoms with van der Waals surface area (Å²) >= 11 is 6.07. The van der Waals surface area contributed by atoms with Crippen LogP contribution in [0.15, 0.2) is 57.1 Å². The molecular formula is C23H29ClN4O3. The van der Waals surface area contributed by atoms with E-state index in [1.807, 2.05) is 32.9 Å². The van der Waals surface area contributed by atoms with Crippen molar-refractivity contribution >= 4 is 28.2 Å². The standard InChI is InChI=1S/C21H23ClN4O3.C2H6/c1-4-6-15(23-2)9-10-25-18(13-29-3)20-17(12-19(25)27)24-26(21(20)28)16-8-5-7-14(22)11-16;1-2/h4-8,11-12,24H,9-10,13H2,1-3H3;1-2H3/b6-4-,23-15?;. The maximum absolute atomic E-state index is 13.2. The molecule has 0 bridgehead atoms. The minimum Gasteiger partial charge on any atom is -0.378 e. The molecule has 0 spiro atoms. The summed E-state index contributed by atoms with van der Waals surface area (Å²) in [6.07, 6.45) is 4.37. The Morgan fingerprint density at radius 2 is 2.00 bits per heavy atom. The van der Waals surface area contributed by atoms with Crippen LogP contribution >= 0.6 is 11.6 Å². The lowest BCUT2D eigenvalue weighted by atomic mass is 10.2. The first-order chi connectivity index (χ1) is 15.0. The van der Waals surface area contributed by atoms with Crippen molar-refractivity contribution in [1.82, 2.24) is 14.3 Å². The molecule has 3 rings (SSSR count). The summed E-state index contributed by atoms with van der Waals surface area (Å²) in [6, 6.07) is 8.39. The lowest BCUT2D eigenvalue weighted by Gasteiger charge is -2.13. The molecule has 0 amide bonds. The number of nitrogens with zero attached hydrogens (tertiary/aromatic N) is 3. The second kappa shape index (κ2) is 11.5. The number of rotatable bonds is 7. The van der Waals surface area contributed by atoms with E-state index in [9.17, 15) is 9.59 Å². The van der Waals surface area contributed by atoms with Gasteiger partial charge < -0.3 is 9.30 Å². The third kappa shape index (κ3) is 5.42. The summed E-state index contributed by atoms with van der Waals surface area (Å²) in [4.78, 5) is 30.2. The molecular weight excluding hydrogens is 416 g/mol. The maximum atomic E-state index is 13.2. The number of pyridine rings is 1. The van der Waals surface area contributed by atoms with E-state index in [1.165, 1.54) is 17.9 Å². The van der Waals surface area contributed by atoms with Crippen LogP contribution in [-0.2, 0) is 17.9 Å². The number of methoxy groups -OCH3 is 1. The van der Waals surface area contributed by atoms with Gasteiger partial charge in [0.25, 0.3) is 11.1 Å². The van der Waals surface area contributed by atoms with Crippen molar-refractivity contribution in [3.63, 3.8) is 0 Å². The minimum absolute atomic E-state index is 0.136. The summed E-state index contributed by atoms with van der Waals surface area (Å²) in [5.74, 6) is 0. The number of fused-ring (bicyclic) bond motifs is 1. The zero-order chi connectivity index (χ0) is 23.0. The highest BCUT2D eigenvalue weighted by Crippen LogP contribution is 2.18. The van der Waals surface area contributed by atoms with Crippen molar-refractivity contribution < 1.29 is 4.74 Å². The van der Waals surface area contributed by atoms with E-state index in [0.29, 0.717) is 40.3 Å². The highest BCUT2D eigenvalue weighted by atomic mass is 35.5. The Morgan fingerprint density at radius 1 is 1.26 bits per heavy atom. The number of ether oxygens (including phenoxy) is 1. The molecule has 0 fully saturated rings. The van der Waals surface area contributed by atoms with Crippen LogP contribution in [0.1, 0.15) is 32.9 Å². The van der Waals surface area contributed by atoms with Crippen LogP contribution in [-0.4, -0.2) is 34.2 Å². The average Bonchev–Trinajstić information content (AvgIpc) is 3.09. The monoisotopic (exact) mass is 444 g/mol. The largest absolute Gasteiger partial charge is 0.378 e. The van der Waals surface area contributed by atoms with Crippen LogP contribution < -0.4 is 11.1 Å².